The minimum Gasteiger partial charge on any atom is -0.449 e. The fraction of sp³-hybridized carbons (Fsp3) is 0.471. The van der Waals surface area contributed by atoms with Gasteiger partial charge in [0.2, 0.25) is 0 Å². The van der Waals surface area contributed by atoms with Gasteiger partial charge >= 0.3 is 6.09 Å². The number of hydrogen-bond donors (Lipinski definition) is 1. The van der Waals surface area contributed by atoms with E-state index in [9.17, 15) is 4.79 Å². The molecule has 3 nitrogen and oxygen atoms in total. The summed E-state index contributed by atoms with van der Waals surface area (Å²) in [5, 5.41) is 2.93. The van der Waals surface area contributed by atoms with Gasteiger partial charge in [0.15, 0.2) is 0 Å². The minimum atomic E-state index is -0.466. The number of alkyl carbamates (subject to hydrolysis) is 1. The van der Waals surface area contributed by atoms with Crippen molar-refractivity contribution in [2.45, 2.75) is 39.2 Å². The summed E-state index contributed by atoms with van der Waals surface area (Å²) in [4.78, 5) is 11.8. The highest BCUT2D eigenvalue weighted by Gasteiger charge is 2.26. The zero-order chi connectivity index (χ0) is 14.8. The summed E-state index contributed by atoms with van der Waals surface area (Å²) < 4.78 is 5.23. The first-order valence-corrected chi connectivity index (χ1v) is 7.10. The quantitative estimate of drug-likeness (QED) is 0.877. The Hall–Kier alpha value is -1.77. The second kappa shape index (κ2) is 5.70. The standard InChI is InChI=1S/C17H23NO2/c1-12(2)14-6-5-7-15(10-14)17(3,4)18-16(19)20-11-13-8-9-13/h5-7,10,13H,1,8-9,11H2,2-4H3,(H,18,19). The number of benzene rings is 1. The predicted octanol–water partition coefficient (Wildman–Crippen LogP) is 4.09. The van der Waals surface area contributed by atoms with E-state index in [1.807, 2.05) is 39.0 Å². The van der Waals surface area contributed by atoms with E-state index >= 15 is 0 Å². The lowest BCUT2D eigenvalue weighted by Gasteiger charge is -2.27. The zero-order valence-corrected chi connectivity index (χ0v) is 12.5. The number of carbonyl (C=O) groups is 1. The van der Waals surface area contributed by atoms with Crippen molar-refractivity contribution in [3.05, 3.63) is 42.0 Å². The van der Waals surface area contributed by atoms with Gasteiger partial charge in [0.05, 0.1) is 12.1 Å². The second-order valence-corrected chi connectivity index (χ2v) is 6.15. The molecule has 1 amide bonds. The van der Waals surface area contributed by atoms with Crippen molar-refractivity contribution in [1.29, 1.82) is 0 Å². The van der Waals surface area contributed by atoms with Gasteiger partial charge in [0, 0.05) is 0 Å². The summed E-state index contributed by atoms with van der Waals surface area (Å²) in [6.07, 6.45) is 2.01. The Balaban J connectivity index is 2.02. The predicted molar refractivity (Wildman–Crippen MR) is 81.4 cm³/mol. The Kier molecular flexibility index (Phi) is 4.17. The Morgan fingerprint density at radius 1 is 1.45 bits per heavy atom. The topological polar surface area (TPSA) is 38.3 Å². The van der Waals surface area contributed by atoms with Crippen molar-refractivity contribution >= 4 is 11.7 Å². The zero-order valence-electron chi connectivity index (χ0n) is 12.5. The maximum Gasteiger partial charge on any atom is 0.407 e. The molecular weight excluding hydrogens is 250 g/mol. The van der Waals surface area contributed by atoms with Gasteiger partial charge in [-0.15, -0.1) is 0 Å². The number of nitrogens with one attached hydrogen (secondary N) is 1. The average Bonchev–Trinajstić information content (AvgIpc) is 3.20. The number of amides is 1. The summed E-state index contributed by atoms with van der Waals surface area (Å²) in [6, 6.07) is 8.07. The van der Waals surface area contributed by atoms with Crippen LogP contribution in [0.1, 0.15) is 44.7 Å². The molecule has 0 aromatic heterocycles. The third kappa shape index (κ3) is 3.86. The van der Waals surface area contributed by atoms with Gasteiger partial charge in [-0.1, -0.05) is 30.4 Å². The molecule has 108 valence electrons. The van der Waals surface area contributed by atoms with E-state index in [4.69, 9.17) is 4.74 Å². The first-order valence-electron chi connectivity index (χ1n) is 7.10. The van der Waals surface area contributed by atoms with Crippen LogP contribution < -0.4 is 5.32 Å². The van der Waals surface area contributed by atoms with E-state index in [0.717, 1.165) is 16.7 Å². The van der Waals surface area contributed by atoms with Gasteiger partial charge in [-0.25, -0.2) is 4.79 Å². The number of carbonyl (C=O) groups excluding carboxylic acids is 1. The molecule has 0 saturated heterocycles. The molecule has 0 atom stereocenters. The summed E-state index contributed by atoms with van der Waals surface area (Å²) in [5.74, 6) is 0.579. The smallest absolute Gasteiger partial charge is 0.407 e. The first-order chi connectivity index (χ1) is 9.38. The van der Waals surface area contributed by atoms with Gasteiger partial charge in [0.25, 0.3) is 0 Å². The molecular formula is C17H23NO2. The average molecular weight is 273 g/mol. The highest BCUT2D eigenvalue weighted by Crippen LogP contribution is 2.29. The monoisotopic (exact) mass is 273 g/mol. The van der Waals surface area contributed by atoms with Crippen molar-refractivity contribution in [3.8, 4) is 0 Å². The molecule has 0 spiro atoms. The van der Waals surface area contributed by atoms with Crippen LogP contribution in [0, 0.1) is 5.92 Å². The molecule has 0 radical (unpaired) electrons. The Labute approximate surface area is 121 Å². The maximum atomic E-state index is 11.8. The van der Waals surface area contributed by atoms with Gasteiger partial charge < -0.3 is 10.1 Å². The van der Waals surface area contributed by atoms with Gasteiger partial charge in [0.1, 0.15) is 0 Å². The number of ether oxygens (including phenoxy) is 1. The van der Waals surface area contributed by atoms with Gasteiger partial charge in [-0.3, -0.25) is 0 Å². The number of hydrogen-bond acceptors (Lipinski definition) is 2. The largest absolute Gasteiger partial charge is 0.449 e. The third-order valence-electron chi connectivity index (χ3n) is 3.64. The van der Waals surface area contributed by atoms with Crippen LogP contribution in [-0.4, -0.2) is 12.7 Å². The van der Waals surface area contributed by atoms with Crippen LogP contribution in [0.5, 0.6) is 0 Å². The molecule has 1 aromatic carbocycles. The van der Waals surface area contributed by atoms with E-state index in [1.54, 1.807) is 0 Å². The van der Waals surface area contributed by atoms with Crippen LogP contribution in [-0.2, 0) is 10.3 Å². The second-order valence-electron chi connectivity index (χ2n) is 6.15. The van der Waals surface area contributed by atoms with Crippen LogP contribution in [0.2, 0.25) is 0 Å². The van der Waals surface area contributed by atoms with E-state index in [-0.39, 0.29) is 6.09 Å². The molecule has 1 fully saturated rings. The highest BCUT2D eigenvalue weighted by atomic mass is 16.5. The lowest BCUT2D eigenvalue weighted by atomic mass is 9.92. The molecule has 0 unspecified atom stereocenters. The van der Waals surface area contributed by atoms with Gasteiger partial charge in [-0.2, -0.15) is 0 Å². The molecule has 3 heteroatoms. The van der Waals surface area contributed by atoms with Crippen molar-refractivity contribution in [2.75, 3.05) is 6.61 Å². The Bertz CT molecular complexity index is 515. The third-order valence-corrected chi connectivity index (χ3v) is 3.64. The summed E-state index contributed by atoms with van der Waals surface area (Å²) in [7, 11) is 0. The fourth-order valence-corrected chi connectivity index (χ4v) is 2.01. The molecule has 20 heavy (non-hydrogen) atoms. The molecule has 1 saturated carbocycles. The molecule has 1 aliphatic carbocycles. The normalized spacial score (nSPS) is 14.8. The van der Waals surface area contributed by atoms with Crippen molar-refractivity contribution < 1.29 is 9.53 Å². The van der Waals surface area contributed by atoms with E-state index < -0.39 is 5.54 Å². The molecule has 0 bridgehead atoms. The van der Waals surface area contributed by atoms with Crippen LogP contribution in [0.15, 0.2) is 30.8 Å². The summed E-state index contributed by atoms with van der Waals surface area (Å²) in [5.41, 5.74) is 2.68. The van der Waals surface area contributed by atoms with Crippen molar-refractivity contribution in [3.63, 3.8) is 0 Å². The highest BCUT2D eigenvalue weighted by molar-refractivity contribution is 5.69. The summed E-state index contributed by atoms with van der Waals surface area (Å²) in [6.45, 7) is 10.4. The number of allylic oxidation sites excluding steroid dienone is 1. The van der Waals surface area contributed by atoms with Crippen LogP contribution in [0.25, 0.3) is 5.57 Å². The SMILES string of the molecule is C=C(C)c1cccc(C(C)(C)NC(=O)OCC2CC2)c1. The lowest BCUT2D eigenvalue weighted by Crippen LogP contribution is -2.41. The Morgan fingerprint density at radius 2 is 2.15 bits per heavy atom. The Morgan fingerprint density at radius 3 is 2.75 bits per heavy atom. The van der Waals surface area contributed by atoms with Crippen LogP contribution in [0.3, 0.4) is 0 Å². The first kappa shape index (κ1) is 14.6. The molecule has 2 rings (SSSR count). The lowest BCUT2D eigenvalue weighted by molar-refractivity contribution is 0.131. The van der Waals surface area contributed by atoms with Crippen LogP contribution in [0.4, 0.5) is 4.79 Å². The maximum absolute atomic E-state index is 11.8. The number of rotatable bonds is 5. The molecule has 1 aromatic rings. The minimum absolute atomic E-state index is 0.345. The van der Waals surface area contributed by atoms with Crippen molar-refractivity contribution in [2.24, 2.45) is 5.92 Å². The molecule has 1 N–H and O–H groups in total. The molecule has 1 aliphatic rings. The molecule has 0 aliphatic heterocycles. The van der Waals surface area contributed by atoms with E-state index in [2.05, 4.69) is 18.0 Å². The fourth-order valence-electron chi connectivity index (χ4n) is 2.01. The van der Waals surface area contributed by atoms with E-state index in [1.165, 1.54) is 12.8 Å². The van der Waals surface area contributed by atoms with Crippen molar-refractivity contribution in [1.82, 2.24) is 5.32 Å². The molecule has 0 heterocycles. The van der Waals surface area contributed by atoms with Gasteiger partial charge in [-0.05, 0) is 56.7 Å². The summed E-state index contributed by atoms with van der Waals surface area (Å²) >= 11 is 0. The van der Waals surface area contributed by atoms with E-state index in [0.29, 0.717) is 12.5 Å². The van der Waals surface area contributed by atoms with Crippen LogP contribution >= 0.6 is 0 Å².